The largest absolute Gasteiger partial charge is 0.481 e. The van der Waals surface area contributed by atoms with Gasteiger partial charge in [0.05, 0.1) is 0 Å². The number of rotatable bonds is 3. The molecule has 1 aliphatic carbocycles. The molecule has 1 fully saturated rings. The third kappa shape index (κ3) is 1.72. The summed E-state index contributed by atoms with van der Waals surface area (Å²) in [5.41, 5.74) is -0.854. The molecule has 80 valence electrons. The van der Waals surface area contributed by atoms with Gasteiger partial charge in [0.25, 0.3) is 0 Å². The lowest BCUT2D eigenvalue weighted by atomic mass is 9.94. The molecule has 1 aliphatic rings. The van der Waals surface area contributed by atoms with Gasteiger partial charge in [-0.3, -0.25) is 4.79 Å². The lowest BCUT2D eigenvalue weighted by molar-refractivity contribution is -0.146. The molecule has 0 heterocycles. The summed E-state index contributed by atoms with van der Waals surface area (Å²) >= 11 is 5.72. The van der Waals surface area contributed by atoms with Crippen LogP contribution in [0.3, 0.4) is 0 Å². The minimum Gasteiger partial charge on any atom is -0.481 e. The molecule has 1 N–H and O–H groups in total. The van der Waals surface area contributed by atoms with Gasteiger partial charge in [0.1, 0.15) is 11.6 Å². The van der Waals surface area contributed by atoms with E-state index in [1.54, 1.807) is 18.2 Å². The standard InChI is InChI=1S/C11H10ClFO2/c12-8-3-1-2-7(6-8)9(13)11(4-5-11)10(14)15/h1-3,6,9H,4-5H2,(H,14,15). The van der Waals surface area contributed by atoms with Gasteiger partial charge >= 0.3 is 5.97 Å². The molecular weight excluding hydrogens is 219 g/mol. The zero-order valence-electron chi connectivity index (χ0n) is 7.91. The van der Waals surface area contributed by atoms with Gasteiger partial charge in [-0.15, -0.1) is 0 Å². The summed E-state index contributed by atoms with van der Waals surface area (Å²) in [4.78, 5) is 10.9. The van der Waals surface area contributed by atoms with Crippen LogP contribution in [0, 0.1) is 5.41 Å². The number of alkyl halides is 1. The molecule has 1 atom stereocenters. The molecule has 4 heteroatoms. The molecule has 15 heavy (non-hydrogen) atoms. The minimum atomic E-state index is -1.46. The van der Waals surface area contributed by atoms with E-state index >= 15 is 0 Å². The lowest BCUT2D eigenvalue weighted by Gasteiger charge is -2.15. The molecule has 0 aliphatic heterocycles. The molecule has 2 rings (SSSR count). The molecule has 0 bridgehead atoms. The molecule has 0 spiro atoms. The van der Waals surface area contributed by atoms with E-state index < -0.39 is 17.6 Å². The first-order valence-corrected chi connectivity index (χ1v) is 5.07. The summed E-state index contributed by atoms with van der Waals surface area (Å²) < 4.78 is 14.0. The third-order valence-electron chi connectivity index (χ3n) is 2.84. The van der Waals surface area contributed by atoms with Gasteiger partial charge in [0.2, 0.25) is 0 Å². The van der Waals surface area contributed by atoms with Crippen LogP contribution in [0.25, 0.3) is 0 Å². The molecule has 0 saturated heterocycles. The van der Waals surface area contributed by atoms with Gasteiger partial charge in [-0.2, -0.15) is 0 Å². The van der Waals surface area contributed by atoms with Crippen molar-refractivity contribution in [2.45, 2.75) is 19.0 Å². The predicted molar refractivity (Wildman–Crippen MR) is 54.6 cm³/mol. The second-order valence-corrected chi connectivity index (χ2v) is 4.32. The summed E-state index contributed by atoms with van der Waals surface area (Å²) in [5, 5.41) is 9.36. The zero-order chi connectivity index (χ0) is 11.1. The van der Waals surface area contributed by atoms with E-state index in [9.17, 15) is 9.18 Å². The highest BCUT2D eigenvalue weighted by Gasteiger charge is 2.57. The number of hydrogen-bond donors (Lipinski definition) is 1. The Morgan fingerprint density at radius 2 is 2.20 bits per heavy atom. The SMILES string of the molecule is O=C(O)C1(C(F)c2cccc(Cl)c2)CC1. The number of carbonyl (C=O) groups is 1. The maximum Gasteiger partial charge on any atom is 0.312 e. The van der Waals surface area contributed by atoms with Crippen LogP contribution in [0.1, 0.15) is 24.6 Å². The Morgan fingerprint density at radius 1 is 1.53 bits per heavy atom. The minimum absolute atomic E-state index is 0.349. The molecule has 0 amide bonds. The molecule has 0 aromatic heterocycles. The fraction of sp³-hybridized carbons (Fsp3) is 0.364. The van der Waals surface area contributed by atoms with E-state index in [1.165, 1.54) is 6.07 Å². The summed E-state index contributed by atoms with van der Waals surface area (Å²) in [6.45, 7) is 0. The Kier molecular flexibility index (Phi) is 2.43. The van der Waals surface area contributed by atoms with Crippen molar-refractivity contribution in [3.63, 3.8) is 0 Å². The summed E-state index contributed by atoms with van der Waals surface area (Å²) in [6.07, 6.45) is -0.667. The maximum atomic E-state index is 14.0. The van der Waals surface area contributed by atoms with E-state index in [2.05, 4.69) is 0 Å². The quantitative estimate of drug-likeness (QED) is 0.863. The van der Waals surface area contributed by atoms with Crippen molar-refractivity contribution in [1.29, 1.82) is 0 Å². The number of hydrogen-bond acceptors (Lipinski definition) is 1. The Labute approximate surface area is 91.7 Å². The molecular formula is C11H10ClFO2. The Bertz CT molecular complexity index is 401. The molecule has 1 saturated carbocycles. The van der Waals surface area contributed by atoms with Crippen LogP contribution < -0.4 is 0 Å². The molecule has 1 aromatic rings. The van der Waals surface area contributed by atoms with Gasteiger partial charge in [-0.1, -0.05) is 23.7 Å². The maximum absolute atomic E-state index is 14.0. The van der Waals surface area contributed by atoms with Crippen LogP contribution in [-0.4, -0.2) is 11.1 Å². The first-order chi connectivity index (χ1) is 7.06. The van der Waals surface area contributed by atoms with Gasteiger partial charge < -0.3 is 5.11 Å². The van der Waals surface area contributed by atoms with Crippen LogP contribution in [0.4, 0.5) is 4.39 Å². The smallest absolute Gasteiger partial charge is 0.312 e. The summed E-state index contributed by atoms with van der Waals surface area (Å²) in [5.74, 6) is -1.06. The highest BCUT2D eigenvalue weighted by molar-refractivity contribution is 6.30. The molecule has 0 radical (unpaired) electrons. The van der Waals surface area contributed by atoms with E-state index in [0.29, 0.717) is 23.4 Å². The van der Waals surface area contributed by atoms with Crippen molar-refractivity contribution in [2.24, 2.45) is 5.41 Å². The van der Waals surface area contributed by atoms with Gasteiger partial charge in [-0.25, -0.2) is 4.39 Å². The zero-order valence-corrected chi connectivity index (χ0v) is 8.67. The van der Waals surface area contributed by atoms with E-state index in [-0.39, 0.29) is 0 Å². The lowest BCUT2D eigenvalue weighted by Crippen LogP contribution is -2.20. The van der Waals surface area contributed by atoms with Gasteiger partial charge in [-0.05, 0) is 30.5 Å². The van der Waals surface area contributed by atoms with Crippen molar-refractivity contribution < 1.29 is 14.3 Å². The van der Waals surface area contributed by atoms with E-state index in [0.717, 1.165) is 0 Å². The van der Waals surface area contributed by atoms with E-state index in [4.69, 9.17) is 16.7 Å². The fourth-order valence-corrected chi connectivity index (χ4v) is 1.89. The van der Waals surface area contributed by atoms with Crippen molar-refractivity contribution in [2.75, 3.05) is 0 Å². The van der Waals surface area contributed by atoms with Crippen LogP contribution >= 0.6 is 11.6 Å². The monoisotopic (exact) mass is 228 g/mol. The first-order valence-electron chi connectivity index (χ1n) is 4.69. The third-order valence-corrected chi connectivity index (χ3v) is 3.08. The number of carboxylic acid groups (broad SMARTS) is 1. The topological polar surface area (TPSA) is 37.3 Å². The Hall–Kier alpha value is -1.09. The fourth-order valence-electron chi connectivity index (χ4n) is 1.69. The Balaban J connectivity index is 2.29. The average Bonchev–Trinajstić information content (AvgIpc) is 2.97. The van der Waals surface area contributed by atoms with Crippen LogP contribution in [-0.2, 0) is 4.79 Å². The normalized spacial score (nSPS) is 19.6. The molecule has 1 unspecified atom stereocenters. The van der Waals surface area contributed by atoms with Crippen molar-refractivity contribution in [3.8, 4) is 0 Å². The highest BCUT2D eigenvalue weighted by atomic mass is 35.5. The molecule has 1 aromatic carbocycles. The number of benzene rings is 1. The van der Waals surface area contributed by atoms with Crippen LogP contribution in [0.15, 0.2) is 24.3 Å². The van der Waals surface area contributed by atoms with Crippen LogP contribution in [0.2, 0.25) is 5.02 Å². The summed E-state index contributed by atoms with van der Waals surface area (Å²) in [6, 6.07) is 6.31. The molecule has 2 nitrogen and oxygen atoms in total. The average molecular weight is 229 g/mol. The van der Waals surface area contributed by atoms with Gasteiger partial charge in [0, 0.05) is 5.02 Å². The number of aliphatic carboxylic acids is 1. The second-order valence-electron chi connectivity index (χ2n) is 3.88. The summed E-state index contributed by atoms with van der Waals surface area (Å²) in [7, 11) is 0. The Morgan fingerprint density at radius 3 is 2.67 bits per heavy atom. The first kappa shape index (κ1) is 10.4. The van der Waals surface area contributed by atoms with E-state index in [1.807, 2.05) is 0 Å². The van der Waals surface area contributed by atoms with Crippen molar-refractivity contribution in [3.05, 3.63) is 34.9 Å². The van der Waals surface area contributed by atoms with Crippen molar-refractivity contribution in [1.82, 2.24) is 0 Å². The predicted octanol–water partition coefficient (Wildman–Crippen LogP) is 3.22. The van der Waals surface area contributed by atoms with Crippen molar-refractivity contribution >= 4 is 17.6 Å². The second kappa shape index (κ2) is 3.49. The number of carboxylic acids is 1. The van der Waals surface area contributed by atoms with Crippen LogP contribution in [0.5, 0.6) is 0 Å². The highest BCUT2D eigenvalue weighted by Crippen LogP contribution is 2.57. The van der Waals surface area contributed by atoms with Gasteiger partial charge in [0.15, 0.2) is 0 Å². The number of halogens is 2.